The van der Waals surface area contributed by atoms with E-state index in [0.717, 1.165) is 22.6 Å². The van der Waals surface area contributed by atoms with E-state index in [1.54, 1.807) is 12.1 Å². The van der Waals surface area contributed by atoms with Gasteiger partial charge < -0.3 is 15.3 Å². The quantitative estimate of drug-likeness (QED) is 0.636. The predicted molar refractivity (Wildman–Crippen MR) is 117 cm³/mol. The summed E-state index contributed by atoms with van der Waals surface area (Å²) in [5.74, 6) is -0.324. The highest BCUT2D eigenvalue weighted by atomic mass is 35.5. The second kappa shape index (κ2) is 9.28. The van der Waals surface area contributed by atoms with E-state index in [9.17, 15) is 9.90 Å². The Morgan fingerprint density at radius 2 is 1.80 bits per heavy atom. The third-order valence-electron chi connectivity index (χ3n) is 5.53. The van der Waals surface area contributed by atoms with Gasteiger partial charge in [0, 0.05) is 23.0 Å². The van der Waals surface area contributed by atoms with Crippen LogP contribution in [0.5, 0.6) is 0 Å². The number of carbonyl (C=O) groups is 1. The molecule has 1 amide bonds. The number of quaternary nitrogens is 1. The van der Waals surface area contributed by atoms with Gasteiger partial charge in [0.05, 0.1) is 19.5 Å². The highest BCUT2D eigenvalue weighted by Gasteiger charge is 2.28. The molecule has 0 spiro atoms. The lowest BCUT2D eigenvalue weighted by Crippen LogP contribution is -3.17. The van der Waals surface area contributed by atoms with Crippen molar-refractivity contribution in [1.82, 2.24) is 5.32 Å². The molecule has 3 aromatic carbocycles. The number of benzene rings is 3. The first-order chi connectivity index (χ1) is 14.6. The van der Waals surface area contributed by atoms with Crippen molar-refractivity contribution in [3.05, 3.63) is 82.9 Å². The Morgan fingerprint density at radius 1 is 1.07 bits per heavy atom. The molecule has 1 aliphatic heterocycles. The molecule has 1 heterocycles. The largest absolute Gasteiger partial charge is 0.858 e. The summed E-state index contributed by atoms with van der Waals surface area (Å²) in [5.41, 5.74) is 2.12. The number of hydrogen-bond acceptors (Lipinski definition) is 3. The van der Waals surface area contributed by atoms with Crippen LogP contribution in [0.15, 0.2) is 71.7 Å². The Labute approximate surface area is 181 Å². The molecule has 0 saturated heterocycles. The minimum atomic E-state index is -0.449. The second-order valence-corrected chi connectivity index (χ2v) is 8.08. The van der Waals surface area contributed by atoms with Gasteiger partial charge >= 0.3 is 0 Å². The fourth-order valence-electron chi connectivity index (χ4n) is 3.88. The molecule has 5 nitrogen and oxygen atoms in total. The fraction of sp³-hybridized carbons (Fsp3) is 0.250. The molecule has 1 unspecified atom stereocenters. The summed E-state index contributed by atoms with van der Waals surface area (Å²) in [4.78, 5) is 17.7. The molecule has 2 atom stereocenters. The first-order valence-electron chi connectivity index (χ1n) is 10.1. The van der Waals surface area contributed by atoms with E-state index >= 15 is 0 Å². The molecule has 0 bridgehead atoms. The highest BCUT2D eigenvalue weighted by molar-refractivity contribution is 6.30. The third kappa shape index (κ3) is 4.99. The summed E-state index contributed by atoms with van der Waals surface area (Å²) in [6, 6.07) is 21.5. The van der Waals surface area contributed by atoms with Crippen molar-refractivity contribution in [2.75, 3.05) is 13.1 Å². The van der Waals surface area contributed by atoms with Crippen LogP contribution < -0.4 is 15.3 Å². The Balaban J connectivity index is 1.41. The summed E-state index contributed by atoms with van der Waals surface area (Å²) in [7, 11) is 0. The minimum absolute atomic E-state index is 0.138. The average molecular weight is 422 g/mol. The number of halogens is 1. The number of nitrogens with zero attached hydrogens (tertiary/aromatic N) is 1. The van der Waals surface area contributed by atoms with Gasteiger partial charge in [0.2, 0.25) is 5.91 Å². The maximum Gasteiger partial charge on any atom is 0.226 e. The molecule has 30 heavy (non-hydrogen) atoms. The Morgan fingerprint density at radius 3 is 2.60 bits per heavy atom. The smallest absolute Gasteiger partial charge is 0.226 e. The SMILES string of the molecule is O=C(C[C@H]1C([O-])=NCC[NH+]1Cc1ccc2ccccc2c1)NCc1ccc(Cl)cc1. The number of carbonyl (C=O) groups excluding carboxylic acids is 1. The zero-order chi connectivity index (χ0) is 20.9. The van der Waals surface area contributed by atoms with Crippen LogP contribution in [0.25, 0.3) is 10.8 Å². The summed E-state index contributed by atoms with van der Waals surface area (Å²) < 4.78 is 0. The van der Waals surface area contributed by atoms with Crippen molar-refractivity contribution < 1.29 is 14.8 Å². The standard InChI is InChI=1S/C24H24ClN3O2/c25-21-9-6-17(7-10-21)15-27-23(29)14-22-24(30)26-11-12-28(22)16-18-5-8-19-3-1-2-4-20(19)13-18/h1-10,13,22H,11-12,14-16H2,(H,26,30)(H,27,29)/t22-/m0/s1. The van der Waals surface area contributed by atoms with Crippen LogP contribution >= 0.6 is 11.6 Å². The van der Waals surface area contributed by atoms with Gasteiger partial charge in [0.15, 0.2) is 0 Å². The van der Waals surface area contributed by atoms with Gasteiger partial charge in [-0.1, -0.05) is 60.1 Å². The molecule has 1 aliphatic rings. The van der Waals surface area contributed by atoms with Gasteiger partial charge in [0.1, 0.15) is 12.6 Å². The van der Waals surface area contributed by atoms with Crippen LogP contribution in [0.4, 0.5) is 0 Å². The Kier molecular flexibility index (Phi) is 6.31. The molecule has 0 aromatic heterocycles. The van der Waals surface area contributed by atoms with Crippen LogP contribution in [0.3, 0.4) is 0 Å². The van der Waals surface area contributed by atoms with Crippen LogP contribution in [0.2, 0.25) is 5.02 Å². The van der Waals surface area contributed by atoms with Crippen molar-refractivity contribution in [2.24, 2.45) is 4.99 Å². The molecule has 0 aliphatic carbocycles. The van der Waals surface area contributed by atoms with Gasteiger partial charge in [-0.05, 0) is 34.5 Å². The molecule has 0 fully saturated rings. The predicted octanol–water partition coefficient (Wildman–Crippen LogP) is 1.73. The molecule has 6 heteroatoms. The van der Waals surface area contributed by atoms with Crippen molar-refractivity contribution in [2.45, 2.75) is 25.6 Å². The molecule has 154 valence electrons. The van der Waals surface area contributed by atoms with E-state index in [1.807, 2.05) is 24.3 Å². The summed E-state index contributed by atoms with van der Waals surface area (Å²) in [6.07, 6.45) is 0.138. The number of fused-ring (bicyclic) bond motifs is 1. The lowest BCUT2D eigenvalue weighted by atomic mass is 10.0. The van der Waals surface area contributed by atoms with Crippen molar-refractivity contribution in [3.8, 4) is 0 Å². The number of aliphatic imine (C=N–C) groups is 1. The minimum Gasteiger partial charge on any atom is -0.858 e. The van der Waals surface area contributed by atoms with Crippen LogP contribution in [-0.4, -0.2) is 30.9 Å². The highest BCUT2D eigenvalue weighted by Crippen LogP contribution is 2.15. The van der Waals surface area contributed by atoms with E-state index in [1.165, 1.54) is 10.8 Å². The zero-order valence-corrected chi connectivity index (χ0v) is 17.4. The number of amides is 1. The monoisotopic (exact) mass is 421 g/mol. The number of nitrogens with one attached hydrogen (secondary N) is 2. The molecule has 4 rings (SSSR count). The maximum absolute atomic E-state index is 12.5. The number of rotatable bonds is 6. The van der Waals surface area contributed by atoms with E-state index in [-0.39, 0.29) is 18.2 Å². The fourth-order valence-corrected chi connectivity index (χ4v) is 4.01. The average Bonchev–Trinajstić information content (AvgIpc) is 2.76. The first kappa shape index (κ1) is 20.4. The molecule has 0 saturated carbocycles. The second-order valence-electron chi connectivity index (χ2n) is 7.65. The Bertz CT molecular complexity index is 1070. The summed E-state index contributed by atoms with van der Waals surface area (Å²) in [5, 5.41) is 18.4. The van der Waals surface area contributed by atoms with Gasteiger partial charge in [-0.3, -0.25) is 9.79 Å². The summed E-state index contributed by atoms with van der Waals surface area (Å²) in [6.45, 7) is 2.35. The normalized spacial score (nSPS) is 18.8. The van der Waals surface area contributed by atoms with Crippen molar-refractivity contribution in [1.29, 1.82) is 0 Å². The lowest BCUT2D eigenvalue weighted by molar-refractivity contribution is -0.930. The van der Waals surface area contributed by atoms with Crippen molar-refractivity contribution >= 4 is 34.2 Å². The molecule has 2 N–H and O–H groups in total. The maximum atomic E-state index is 12.5. The van der Waals surface area contributed by atoms with Gasteiger partial charge in [-0.15, -0.1) is 0 Å². The summed E-state index contributed by atoms with van der Waals surface area (Å²) >= 11 is 5.90. The molecular formula is C24H24ClN3O2. The van der Waals surface area contributed by atoms with Crippen LogP contribution in [0.1, 0.15) is 17.5 Å². The van der Waals surface area contributed by atoms with E-state index in [4.69, 9.17) is 11.6 Å². The molecular weight excluding hydrogens is 398 g/mol. The van der Waals surface area contributed by atoms with E-state index in [0.29, 0.717) is 24.7 Å². The molecule has 3 aromatic rings. The lowest BCUT2D eigenvalue weighted by Gasteiger charge is -2.35. The zero-order valence-electron chi connectivity index (χ0n) is 16.6. The first-order valence-corrected chi connectivity index (χ1v) is 10.5. The van der Waals surface area contributed by atoms with E-state index < -0.39 is 6.04 Å². The number of hydrogen-bond donors (Lipinski definition) is 2. The van der Waals surface area contributed by atoms with Crippen LogP contribution in [0, 0.1) is 0 Å². The van der Waals surface area contributed by atoms with E-state index in [2.05, 4.69) is 40.6 Å². The van der Waals surface area contributed by atoms with Crippen molar-refractivity contribution in [3.63, 3.8) is 0 Å². The van der Waals surface area contributed by atoms with Gasteiger partial charge in [0.25, 0.3) is 0 Å². The topological polar surface area (TPSA) is 69.0 Å². The van der Waals surface area contributed by atoms with Gasteiger partial charge in [-0.25, -0.2) is 0 Å². The molecule has 0 radical (unpaired) electrons. The van der Waals surface area contributed by atoms with Crippen LogP contribution in [-0.2, 0) is 17.9 Å². The van der Waals surface area contributed by atoms with Gasteiger partial charge in [-0.2, -0.15) is 0 Å². The third-order valence-corrected chi connectivity index (χ3v) is 5.78. The Hall–Kier alpha value is -2.89.